The third-order valence-electron chi connectivity index (χ3n) is 3.85. The van der Waals surface area contributed by atoms with Crippen LogP contribution in [0.3, 0.4) is 0 Å². The zero-order valence-corrected chi connectivity index (χ0v) is 18.5. The molecule has 0 aliphatic rings. The monoisotopic (exact) mass is 467 g/mol. The molecule has 0 aliphatic carbocycles. The summed E-state index contributed by atoms with van der Waals surface area (Å²) in [7, 11) is 0. The van der Waals surface area contributed by atoms with Gasteiger partial charge < -0.3 is 9.47 Å². The van der Waals surface area contributed by atoms with Gasteiger partial charge in [0, 0.05) is 21.9 Å². The van der Waals surface area contributed by atoms with Crippen LogP contribution in [0.25, 0.3) is 0 Å². The van der Waals surface area contributed by atoms with Gasteiger partial charge in [0.25, 0.3) is 0 Å². The minimum atomic E-state index is -0.524. The zero-order chi connectivity index (χ0) is 21.0. The fraction of sp³-hybridized carbons (Fsp3) is 0.100. The lowest BCUT2D eigenvalue weighted by atomic mass is 10.2. The molecular formula is C20H15Cl2NO4S2. The van der Waals surface area contributed by atoms with Crippen molar-refractivity contribution >= 4 is 52.4 Å². The van der Waals surface area contributed by atoms with Crippen molar-refractivity contribution in [2.45, 2.75) is 9.79 Å². The van der Waals surface area contributed by atoms with Gasteiger partial charge in [0.2, 0.25) is 5.75 Å². The van der Waals surface area contributed by atoms with E-state index in [4.69, 9.17) is 32.7 Å². The molecule has 0 saturated carbocycles. The molecule has 0 spiro atoms. The Morgan fingerprint density at radius 1 is 0.793 bits per heavy atom. The highest BCUT2D eigenvalue weighted by molar-refractivity contribution is 7.98. The Balaban J connectivity index is 1.93. The summed E-state index contributed by atoms with van der Waals surface area (Å²) in [5.41, 5.74) is -0.203. The molecule has 150 valence electrons. The lowest BCUT2D eigenvalue weighted by Crippen LogP contribution is -1.95. The Hall–Kier alpha value is -2.06. The van der Waals surface area contributed by atoms with Crippen molar-refractivity contribution in [3.63, 3.8) is 0 Å². The number of nitro groups is 1. The molecule has 29 heavy (non-hydrogen) atoms. The summed E-state index contributed by atoms with van der Waals surface area (Å²) >= 11 is 15.6. The molecule has 9 heteroatoms. The van der Waals surface area contributed by atoms with Crippen LogP contribution in [0.15, 0.2) is 64.4 Å². The predicted molar refractivity (Wildman–Crippen MR) is 120 cm³/mol. The van der Waals surface area contributed by atoms with Crippen LogP contribution in [0.1, 0.15) is 0 Å². The summed E-state index contributed by atoms with van der Waals surface area (Å²) in [6.45, 7) is 0. The van der Waals surface area contributed by atoms with E-state index in [2.05, 4.69) is 0 Å². The fourth-order valence-electron chi connectivity index (χ4n) is 2.42. The minimum absolute atomic E-state index is 0.0168. The van der Waals surface area contributed by atoms with Crippen LogP contribution in [-0.2, 0) is 0 Å². The van der Waals surface area contributed by atoms with E-state index in [0.717, 1.165) is 9.79 Å². The Morgan fingerprint density at radius 3 is 1.83 bits per heavy atom. The third-order valence-corrected chi connectivity index (χ3v) is 5.90. The van der Waals surface area contributed by atoms with Gasteiger partial charge in [0.1, 0.15) is 17.2 Å². The lowest BCUT2D eigenvalue weighted by Gasteiger charge is -2.12. The maximum atomic E-state index is 11.4. The standard InChI is InChI=1S/C20H15Cl2NO4S2/c1-28-13-4-7-18(15(21)10-13)26-12-3-6-17(23(24)25)20(9-12)27-19-8-5-14(29-2)11-16(19)22/h3-11H,1-2H3. The van der Waals surface area contributed by atoms with Crippen LogP contribution in [0.5, 0.6) is 23.0 Å². The Labute approximate surface area is 186 Å². The predicted octanol–water partition coefficient (Wildman–Crippen LogP) is 7.93. The molecule has 0 bridgehead atoms. The van der Waals surface area contributed by atoms with Crippen molar-refractivity contribution in [1.29, 1.82) is 0 Å². The van der Waals surface area contributed by atoms with Gasteiger partial charge in [0.15, 0.2) is 0 Å². The SMILES string of the molecule is CSc1ccc(Oc2ccc([N+](=O)[O-])c(Oc3ccc(SC)cc3Cl)c2)c(Cl)c1. The maximum absolute atomic E-state index is 11.4. The van der Waals surface area contributed by atoms with E-state index in [0.29, 0.717) is 27.3 Å². The van der Waals surface area contributed by atoms with Crippen molar-refractivity contribution in [2.24, 2.45) is 0 Å². The van der Waals surface area contributed by atoms with Crippen LogP contribution in [0, 0.1) is 10.1 Å². The molecule has 3 aromatic carbocycles. The average molecular weight is 468 g/mol. The third kappa shape index (κ3) is 5.30. The second-order valence-corrected chi connectivity index (χ2v) is 8.26. The average Bonchev–Trinajstić information content (AvgIpc) is 2.71. The summed E-state index contributed by atoms with van der Waals surface area (Å²) in [4.78, 5) is 12.8. The summed E-state index contributed by atoms with van der Waals surface area (Å²) in [6, 6.07) is 14.9. The number of hydrogen-bond donors (Lipinski definition) is 0. The summed E-state index contributed by atoms with van der Waals surface area (Å²) in [5, 5.41) is 12.2. The molecule has 0 saturated heterocycles. The van der Waals surface area contributed by atoms with E-state index in [-0.39, 0.29) is 11.4 Å². The lowest BCUT2D eigenvalue weighted by molar-refractivity contribution is -0.385. The van der Waals surface area contributed by atoms with Crippen LogP contribution in [0.4, 0.5) is 5.69 Å². The van der Waals surface area contributed by atoms with Crippen LogP contribution in [0.2, 0.25) is 10.0 Å². The number of nitrogens with zero attached hydrogens (tertiary/aromatic N) is 1. The zero-order valence-electron chi connectivity index (χ0n) is 15.3. The number of hydrogen-bond acceptors (Lipinski definition) is 6. The summed E-state index contributed by atoms with van der Waals surface area (Å²) in [6.07, 6.45) is 3.87. The molecule has 0 radical (unpaired) electrons. The van der Waals surface area contributed by atoms with Gasteiger partial charge in [-0.25, -0.2) is 0 Å². The molecule has 0 fully saturated rings. The quantitative estimate of drug-likeness (QED) is 0.199. The first-order chi connectivity index (χ1) is 13.9. The van der Waals surface area contributed by atoms with Gasteiger partial charge in [-0.1, -0.05) is 23.2 Å². The summed E-state index contributed by atoms with van der Waals surface area (Å²) in [5.74, 6) is 1.11. The Bertz CT molecular complexity index is 1060. The maximum Gasteiger partial charge on any atom is 0.311 e. The van der Waals surface area contributed by atoms with Gasteiger partial charge >= 0.3 is 5.69 Å². The largest absolute Gasteiger partial charge is 0.456 e. The van der Waals surface area contributed by atoms with E-state index in [1.165, 1.54) is 30.0 Å². The second kappa shape index (κ2) is 9.63. The molecule has 0 atom stereocenters. The van der Waals surface area contributed by atoms with E-state index in [1.807, 2.05) is 24.6 Å². The molecule has 0 aromatic heterocycles. The molecule has 0 N–H and O–H groups in total. The van der Waals surface area contributed by atoms with Gasteiger partial charge in [-0.05, 0) is 55.0 Å². The molecular weight excluding hydrogens is 453 g/mol. The van der Waals surface area contributed by atoms with Crippen molar-refractivity contribution < 1.29 is 14.4 Å². The van der Waals surface area contributed by atoms with Crippen molar-refractivity contribution in [1.82, 2.24) is 0 Å². The normalized spacial score (nSPS) is 10.6. The fourth-order valence-corrected chi connectivity index (χ4v) is 3.87. The second-order valence-electron chi connectivity index (χ2n) is 5.68. The van der Waals surface area contributed by atoms with Crippen LogP contribution >= 0.6 is 46.7 Å². The topological polar surface area (TPSA) is 61.6 Å². The summed E-state index contributed by atoms with van der Waals surface area (Å²) < 4.78 is 11.6. The van der Waals surface area contributed by atoms with Gasteiger partial charge in [0.05, 0.1) is 15.0 Å². The number of nitro benzene ring substituents is 1. The number of thioether (sulfide) groups is 2. The van der Waals surface area contributed by atoms with Gasteiger partial charge in [-0.3, -0.25) is 10.1 Å². The first-order valence-corrected chi connectivity index (χ1v) is 11.4. The molecule has 0 heterocycles. The van der Waals surface area contributed by atoms with Crippen molar-refractivity contribution in [3.8, 4) is 23.0 Å². The van der Waals surface area contributed by atoms with Gasteiger partial charge in [-0.15, -0.1) is 23.5 Å². The highest BCUT2D eigenvalue weighted by Crippen LogP contribution is 2.40. The number of benzene rings is 3. The highest BCUT2D eigenvalue weighted by Gasteiger charge is 2.19. The minimum Gasteiger partial charge on any atom is -0.456 e. The number of ether oxygens (including phenoxy) is 2. The number of halogens is 2. The smallest absolute Gasteiger partial charge is 0.311 e. The Morgan fingerprint density at radius 2 is 1.34 bits per heavy atom. The van der Waals surface area contributed by atoms with E-state index >= 15 is 0 Å². The first-order valence-electron chi connectivity index (χ1n) is 8.22. The van der Waals surface area contributed by atoms with Gasteiger partial charge in [-0.2, -0.15) is 0 Å². The highest BCUT2D eigenvalue weighted by atomic mass is 35.5. The molecule has 0 amide bonds. The van der Waals surface area contributed by atoms with Crippen LogP contribution in [-0.4, -0.2) is 17.4 Å². The van der Waals surface area contributed by atoms with E-state index in [9.17, 15) is 10.1 Å². The number of rotatable bonds is 7. The Kier molecular flexibility index (Phi) is 7.18. The van der Waals surface area contributed by atoms with Crippen molar-refractivity contribution in [3.05, 3.63) is 74.8 Å². The first kappa shape index (κ1) is 21.6. The molecule has 0 aliphatic heterocycles. The van der Waals surface area contributed by atoms with E-state index < -0.39 is 4.92 Å². The molecule has 5 nitrogen and oxygen atoms in total. The van der Waals surface area contributed by atoms with Crippen LogP contribution < -0.4 is 9.47 Å². The van der Waals surface area contributed by atoms with Crippen molar-refractivity contribution in [2.75, 3.05) is 12.5 Å². The molecule has 0 unspecified atom stereocenters. The van der Waals surface area contributed by atoms with E-state index in [1.54, 1.807) is 36.0 Å². The molecule has 3 aromatic rings. The molecule has 3 rings (SSSR count).